The number of carbonyl (C=O) groups excluding carboxylic acids is 1. The molecule has 0 unspecified atom stereocenters. The van der Waals surface area contributed by atoms with Crippen LogP contribution in [0.4, 0.5) is 5.82 Å². The van der Waals surface area contributed by atoms with Crippen LogP contribution in [0.25, 0.3) is 28.0 Å². The summed E-state index contributed by atoms with van der Waals surface area (Å²) >= 11 is 0. The van der Waals surface area contributed by atoms with Crippen LogP contribution in [-0.2, 0) is 23.7 Å². The highest BCUT2D eigenvalue weighted by atomic mass is 28.3. The smallest absolute Gasteiger partial charge is 0.338 e. The maximum absolute atomic E-state index is 12.7. The van der Waals surface area contributed by atoms with Crippen molar-refractivity contribution in [1.29, 1.82) is 0 Å². The number of pyridine rings is 1. The van der Waals surface area contributed by atoms with E-state index in [0.29, 0.717) is 39.5 Å². The van der Waals surface area contributed by atoms with Crippen LogP contribution in [-0.4, -0.2) is 88.2 Å². The van der Waals surface area contributed by atoms with E-state index >= 15 is 0 Å². The Labute approximate surface area is 299 Å². The summed E-state index contributed by atoms with van der Waals surface area (Å²) in [6.45, 7) is 16.3. The highest BCUT2D eigenvalue weighted by Gasteiger charge is 2.44. The molecule has 1 aromatic carbocycles. The summed E-state index contributed by atoms with van der Waals surface area (Å²) in [6.07, 6.45) is 6.36. The van der Waals surface area contributed by atoms with E-state index in [1.54, 1.807) is 7.11 Å². The number of fused-ring (bicyclic) bond motifs is 1. The second-order valence-corrected chi connectivity index (χ2v) is 27.1. The second kappa shape index (κ2) is 16.3. The lowest BCUT2D eigenvalue weighted by atomic mass is 9.77. The Morgan fingerprint density at radius 2 is 1.52 bits per heavy atom. The molecule has 3 aromatic heterocycles. The molecule has 4 aromatic rings. The van der Waals surface area contributed by atoms with E-state index in [9.17, 15) is 4.79 Å². The van der Waals surface area contributed by atoms with Gasteiger partial charge in [-0.25, -0.2) is 9.78 Å². The van der Waals surface area contributed by atoms with E-state index in [-0.39, 0.29) is 11.9 Å². The molecule has 1 aliphatic rings. The Bertz CT molecular complexity index is 1670. The number of hydrogen-bond donors (Lipinski definition) is 0. The fraction of sp³-hybridized carbons (Fsp3) is 0.526. The van der Waals surface area contributed by atoms with Crippen LogP contribution in [0.15, 0.2) is 60.9 Å². The first kappa shape index (κ1) is 37.8. The molecule has 1 fully saturated rings. The van der Waals surface area contributed by atoms with Crippen molar-refractivity contribution in [2.24, 2.45) is 0 Å². The lowest BCUT2D eigenvalue weighted by molar-refractivity contribution is -0.170. The minimum atomic E-state index is -1.27. The molecule has 0 radical (unpaired) electrons. The van der Waals surface area contributed by atoms with Crippen LogP contribution < -0.4 is 4.90 Å². The third kappa shape index (κ3) is 9.46. The van der Waals surface area contributed by atoms with Crippen molar-refractivity contribution in [2.75, 3.05) is 45.8 Å². The first-order chi connectivity index (χ1) is 23.8. The Kier molecular flexibility index (Phi) is 12.3. The van der Waals surface area contributed by atoms with E-state index < -0.39 is 21.7 Å². The highest BCUT2D eigenvalue weighted by Crippen LogP contribution is 2.41. The number of esters is 1. The van der Waals surface area contributed by atoms with Crippen LogP contribution in [0.1, 0.15) is 37.3 Å². The number of nitrogens with zero attached hydrogens (tertiary/aromatic N) is 5. The maximum atomic E-state index is 12.7. The first-order valence-electron chi connectivity index (χ1n) is 17.8. The summed E-state index contributed by atoms with van der Waals surface area (Å²) in [5.41, 5.74) is 4.59. The molecule has 0 saturated heterocycles. The van der Waals surface area contributed by atoms with Gasteiger partial charge in [0.2, 0.25) is 0 Å². The van der Waals surface area contributed by atoms with Crippen molar-refractivity contribution in [2.45, 2.75) is 88.6 Å². The van der Waals surface area contributed by atoms with E-state index in [1.165, 1.54) is 7.11 Å². The van der Waals surface area contributed by atoms with Crippen LogP contribution >= 0.6 is 0 Å². The van der Waals surface area contributed by atoms with Gasteiger partial charge in [-0.1, -0.05) is 75.7 Å². The molecule has 50 heavy (non-hydrogen) atoms. The maximum Gasteiger partial charge on any atom is 0.338 e. The van der Waals surface area contributed by atoms with Gasteiger partial charge >= 0.3 is 5.97 Å². The Balaban J connectivity index is 1.52. The minimum absolute atomic E-state index is 0.121. The standard InChI is InChI=1S/C38H55N5O5Si2/c1-45-37(44)38(46-2)18-16-30(17-19-38)34-24-35(42(27-47-20-22-49(3,4)5)28-48-21-23-50(6,7)8)43-36(41-34)32(26-40-43)31-14-15-33(39-25-31)29-12-10-9-11-13-29/h9-15,24-26,30H,16-23,27-28H2,1-8H3/t30-,38+. The summed E-state index contributed by atoms with van der Waals surface area (Å²) < 4.78 is 25.5. The molecule has 270 valence electrons. The number of methoxy groups -OCH3 is 2. The van der Waals surface area contributed by atoms with Crippen LogP contribution in [0, 0.1) is 0 Å². The SMILES string of the molecule is COC(=O)[C@]1(OC)CC[C@@H](c2cc(N(COCC[Si](C)(C)C)COCC[Si](C)(C)C)n3ncc(-c4ccc(-c5ccccc5)nc4)c3n2)CC1. The molecule has 1 saturated carbocycles. The third-order valence-corrected chi connectivity index (χ3v) is 13.0. The van der Waals surface area contributed by atoms with Gasteiger partial charge in [0.25, 0.3) is 0 Å². The fourth-order valence-corrected chi connectivity index (χ4v) is 7.78. The average molecular weight is 718 g/mol. The summed E-state index contributed by atoms with van der Waals surface area (Å²) in [4.78, 5) is 24.9. The molecular formula is C38H55N5O5Si2. The molecule has 0 bridgehead atoms. The third-order valence-electron chi connectivity index (χ3n) is 9.59. The summed E-state index contributed by atoms with van der Waals surface area (Å²) in [6, 6.07) is 18.6. The zero-order chi connectivity index (χ0) is 35.9. The van der Waals surface area contributed by atoms with Gasteiger partial charge in [-0.05, 0) is 43.8 Å². The Morgan fingerprint density at radius 1 is 0.880 bits per heavy atom. The second-order valence-electron chi connectivity index (χ2n) is 15.8. The van der Waals surface area contributed by atoms with E-state index in [0.717, 1.165) is 64.5 Å². The van der Waals surface area contributed by atoms with Crippen LogP contribution in [0.2, 0.25) is 51.4 Å². The van der Waals surface area contributed by atoms with Gasteiger partial charge < -0.3 is 23.8 Å². The molecule has 1 aliphatic carbocycles. The molecule has 0 amide bonds. The van der Waals surface area contributed by atoms with Crippen molar-refractivity contribution < 1.29 is 23.7 Å². The number of carbonyl (C=O) groups is 1. The molecule has 10 nitrogen and oxygen atoms in total. The van der Waals surface area contributed by atoms with Gasteiger partial charge in [0.1, 0.15) is 19.3 Å². The fourth-order valence-electron chi connectivity index (χ4n) is 6.27. The van der Waals surface area contributed by atoms with Crippen molar-refractivity contribution in [1.82, 2.24) is 19.6 Å². The van der Waals surface area contributed by atoms with Gasteiger partial charge in [-0.2, -0.15) is 9.61 Å². The number of ether oxygens (including phenoxy) is 4. The summed E-state index contributed by atoms with van der Waals surface area (Å²) in [5.74, 6) is 0.669. The lowest BCUT2D eigenvalue weighted by Gasteiger charge is -2.36. The van der Waals surface area contributed by atoms with Gasteiger partial charge in [-0.3, -0.25) is 4.98 Å². The van der Waals surface area contributed by atoms with Gasteiger partial charge in [-0.15, -0.1) is 0 Å². The molecular weight excluding hydrogens is 663 g/mol. The highest BCUT2D eigenvalue weighted by molar-refractivity contribution is 6.76. The van der Waals surface area contributed by atoms with Crippen LogP contribution in [0.5, 0.6) is 0 Å². The minimum Gasteiger partial charge on any atom is -0.467 e. The average Bonchev–Trinajstić information content (AvgIpc) is 3.54. The van der Waals surface area contributed by atoms with E-state index in [1.807, 2.05) is 41.2 Å². The van der Waals surface area contributed by atoms with Crippen molar-refractivity contribution in [3.63, 3.8) is 0 Å². The molecule has 0 spiro atoms. The van der Waals surface area contributed by atoms with Crippen molar-refractivity contribution in [3.05, 3.63) is 66.6 Å². The quantitative estimate of drug-likeness (QED) is 0.0493. The van der Waals surface area contributed by atoms with Gasteiger partial charge in [0, 0.05) is 77.0 Å². The number of aromatic nitrogens is 4. The normalized spacial score (nSPS) is 18.4. The monoisotopic (exact) mass is 717 g/mol. The number of anilines is 1. The number of rotatable bonds is 16. The number of benzene rings is 1. The van der Waals surface area contributed by atoms with Crippen molar-refractivity contribution >= 4 is 33.6 Å². The van der Waals surface area contributed by atoms with Gasteiger partial charge in [0.15, 0.2) is 11.2 Å². The molecule has 12 heteroatoms. The topological polar surface area (TPSA) is 100 Å². The molecule has 5 rings (SSSR count). The predicted octanol–water partition coefficient (Wildman–Crippen LogP) is 8.11. The van der Waals surface area contributed by atoms with Crippen LogP contribution in [0.3, 0.4) is 0 Å². The molecule has 0 N–H and O–H groups in total. The Morgan fingerprint density at radius 3 is 2.06 bits per heavy atom. The number of hydrogen-bond acceptors (Lipinski definition) is 9. The zero-order valence-corrected chi connectivity index (χ0v) is 33.2. The largest absolute Gasteiger partial charge is 0.467 e. The first-order valence-corrected chi connectivity index (χ1v) is 25.2. The predicted molar refractivity (Wildman–Crippen MR) is 205 cm³/mol. The summed E-state index contributed by atoms with van der Waals surface area (Å²) in [7, 11) is 0.479. The van der Waals surface area contributed by atoms with E-state index in [2.05, 4.69) is 68.4 Å². The molecule has 3 heterocycles. The summed E-state index contributed by atoms with van der Waals surface area (Å²) in [5, 5.41) is 4.89. The zero-order valence-electron chi connectivity index (χ0n) is 31.2. The Hall–Kier alpha value is -3.43. The van der Waals surface area contributed by atoms with E-state index in [4.69, 9.17) is 34.0 Å². The van der Waals surface area contributed by atoms with Crippen molar-refractivity contribution in [3.8, 4) is 22.4 Å². The molecule has 0 aliphatic heterocycles. The van der Waals surface area contributed by atoms with Gasteiger partial charge in [0.05, 0.1) is 19.0 Å². The molecule has 0 atom stereocenters. The lowest BCUT2D eigenvalue weighted by Crippen LogP contribution is -2.44.